The molecule has 6 nitrogen and oxygen atoms in total. The van der Waals surface area contributed by atoms with E-state index in [2.05, 4.69) is 23.9 Å². The first kappa shape index (κ1) is 15.7. The Bertz CT molecular complexity index is 554. The van der Waals surface area contributed by atoms with E-state index in [1.807, 2.05) is 0 Å². The first-order valence-corrected chi connectivity index (χ1v) is 7.17. The highest BCUT2D eigenvalue weighted by atomic mass is 35.5. The van der Waals surface area contributed by atoms with Gasteiger partial charge in [-0.3, -0.25) is 14.9 Å². The lowest BCUT2D eigenvalue weighted by Gasteiger charge is -2.36. The van der Waals surface area contributed by atoms with Crippen LogP contribution in [0.25, 0.3) is 0 Å². The summed E-state index contributed by atoms with van der Waals surface area (Å²) in [6, 6.07) is 5.13. The van der Waals surface area contributed by atoms with Gasteiger partial charge in [0.2, 0.25) is 0 Å². The summed E-state index contributed by atoms with van der Waals surface area (Å²) in [4.78, 5) is 26.0. The Morgan fingerprint density at radius 1 is 1.38 bits per heavy atom. The minimum atomic E-state index is -0.806. The first-order chi connectivity index (χ1) is 9.90. The number of halogens is 1. The number of benzene rings is 1. The lowest BCUT2D eigenvalue weighted by Crippen LogP contribution is -2.42. The Hall–Kier alpha value is -1.66. The van der Waals surface area contributed by atoms with Gasteiger partial charge in [0.25, 0.3) is 10.9 Å². The number of hydrogen-bond acceptors (Lipinski definition) is 5. The molecule has 0 atom stereocenters. The molecule has 0 amide bonds. The molecule has 2 rings (SSSR count). The maximum absolute atomic E-state index is 11.2. The maximum Gasteiger partial charge on any atom is 0.283 e. The summed E-state index contributed by atoms with van der Waals surface area (Å²) in [7, 11) is 4.12. The van der Waals surface area contributed by atoms with Crippen molar-refractivity contribution in [3.8, 4) is 0 Å². The Morgan fingerprint density at radius 2 is 2.00 bits per heavy atom. The third-order valence-corrected chi connectivity index (χ3v) is 4.15. The fourth-order valence-corrected chi connectivity index (χ4v) is 2.83. The summed E-state index contributed by atoms with van der Waals surface area (Å²) in [6.45, 7) is 1.68. The van der Waals surface area contributed by atoms with Gasteiger partial charge in [-0.15, -0.1) is 0 Å². The lowest BCUT2D eigenvalue weighted by molar-refractivity contribution is -0.385. The van der Waals surface area contributed by atoms with Crippen LogP contribution in [-0.4, -0.2) is 48.3 Å². The zero-order chi connectivity index (χ0) is 15.6. The van der Waals surface area contributed by atoms with E-state index in [-0.39, 0.29) is 11.3 Å². The zero-order valence-corrected chi connectivity index (χ0v) is 12.8. The molecular formula is C14H18ClN3O3. The summed E-state index contributed by atoms with van der Waals surface area (Å²) in [5.74, 6) is 0. The highest BCUT2D eigenvalue weighted by molar-refractivity contribution is 6.68. The van der Waals surface area contributed by atoms with Crippen molar-refractivity contribution in [2.24, 2.45) is 0 Å². The van der Waals surface area contributed by atoms with Crippen molar-refractivity contribution in [1.82, 2.24) is 4.90 Å². The van der Waals surface area contributed by atoms with Gasteiger partial charge in [0.15, 0.2) is 0 Å². The van der Waals surface area contributed by atoms with Crippen LogP contribution < -0.4 is 4.90 Å². The molecule has 0 N–H and O–H groups in total. The SMILES string of the molecule is CN(C)C1CCN(c2ccc(C(=O)Cl)c([N+](=O)[O-])c2)CC1. The predicted molar refractivity (Wildman–Crippen MR) is 82.2 cm³/mol. The van der Waals surface area contributed by atoms with Gasteiger partial charge < -0.3 is 9.80 Å². The Morgan fingerprint density at radius 3 is 2.48 bits per heavy atom. The quantitative estimate of drug-likeness (QED) is 0.485. The van der Waals surface area contributed by atoms with E-state index in [4.69, 9.17) is 11.6 Å². The minimum absolute atomic E-state index is 0.0615. The molecule has 0 aromatic heterocycles. The Labute approximate surface area is 128 Å². The maximum atomic E-state index is 11.2. The highest BCUT2D eigenvalue weighted by Crippen LogP contribution is 2.29. The molecule has 0 bridgehead atoms. The molecule has 0 spiro atoms. The number of rotatable bonds is 4. The number of piperidine rings is 1. The standard InChI is InChI=1S/C14H18ClN3O3/c1-16(2)10-5-7-17(8-6-10)11-3-4-12(14(15)19)13(9-11)18(20)21/h3-4,9-10H,5-8H2,1-2H3. The highest BCUT2D eigenvalue weighted by Gasteiger charge is 2.24. The Kier molecular flexibility index (Phi) is 4.80. The molecule has 0 aliphatic carbocycles. The van der Waals surface area contributed by atoms with Crippen LogP contribution in [0.3, 0.4) is 0 Å². The number of anilines is 1. The van der Waals surface area contributed by atoms with Crippen LogP contribution in [0, 0.1) is 10.1 Å². The fraction of sp³-hybridized carbons (Fsp3) is 0.500. The second-order valence-electron chi connectivity index (χ2n) is 5.41. The zero-order valence-electron chi connectivity index (χ0n) is 12.1. The third kappa shape index (κ3) is 3.51. The predicted octanol–water partition coefficient (Wildman–Crippen LogP) is 2.50. The van der Waals surface area contributed by atoms with E-state index in [0.717, 1.165) is 31.6 Å². The van der Waals surface area contributed by atoms with E-state index in [0.29, 0.717) is 6.04 Å². The van der Waals surface area contributed by atoms with E-state index in [1.54, 1.807) is 6.07 Å². The van der Waals surface area contributed by atoms with Crippen molar-refractivity contribution in [2.75, 3.05) is 32.1 Å². The van der Waals surface area contributed by atoms with Crippen molar-refractivity contribution in [3.63, 3.8) is 0 Å². The van der Waals surface area contributed by atoms with Gasteiger partial charge in [0.1, 0.15) is 5.56 Å². The third-order valence-electron chi connectivity index (χ3n) is 3.95. The molecule has 1 saturated heterocycles. The molecular weight excluding hydrogens is 294 g/mol. The number of hydrogen-bond donors (Lipinski definition) is 0. The van der Waals surface area contributed by atoms with Crippen LogP contribution in [0.2, 0.25) is 0 Å². The summed E-state index contributed by atoms with van der Waals surface area (Å²) in [5.41, 5.74) is 0.469. The van der Waals surface area contributed by atoms with Gasteiger partial charge in [-0.1, -0.05) is 0 Å². The van der Waals surface area contributed by atoms with Crippen LogP contribution in [0.15, 0.2) is 18.2 Å². The average Bonchev–Trinajstić information content (AvgIpc) is 2.46. The number of carbonyl (C=O) groups excluding carboxylic acids is 1. The van der Waals surface area contributed by atoms with Crippen molar-refractivity contribution >= 4 is 28.2 Å². The minimum Gasteiger partial charge on any atom is -0.371 e. The molecule has 1 aromatic rings. The number of nitrogens with zero attached hydrogens (tertiary/aromatic N) is 3. The van der Waals surface area contributed by atoms with Crippen molar-refractivity contribution < 1.29 is 9.72 Å². The molecule has 1 heterocycles. The monoisotopic (exact) mass is 311 g/mol. The molecule has 1 aliphatic heterocycles. The molecule has 0 unspecified atom stereocenters. The number of nitro groups is 1. The van der Waals surface area contributed by atoms with Crippen molar-refractivity contribution in [2.45, 2.75) is 18.9 Å². The summed E-state index contributed by atoms with van der Waals surface area (Å²) < 4.78 is 0. The van der Waals surface area contributed by atoms with E-state index in [1.165, 1.54) is 12.1 Å². The molecule has 1 aromatic carbocycles. The van der Waals surface area contributed by atoms with Crippen LogP contribution in [0.1, 0.15) is 23.2 Å². The summed E-state index contributed by atoms with van der Waals surface area (Å²) >= 11 is 5.38. The van der Waals surface area contributed by atoms with E-state index in [9.17, 15) is 14.9 Å². The van der Waals surface area contributed by atoms with Crippen LogP contribution in [-0.2, 0) is 0 Å². The van der Waals surface area contributed by atoms with Crippen molar-refractivity contribution in [3.05, 3.63) is 33.9 Å². The second-order valence-corrected chi connectivity index (χ2v) is 5.76. The summed E-state index contributed by atoms with van der Waals surface area (Å²) in [6.07, 6.45) is 2.02. The van der Waals surface area contributed by atoms with Gasteiger partial charge in [-0.25, -0.2) is 0 Å². The Balaban J connectivity index is 2.20. The molecule has 21 heavy (non-hydrogen) atoms. The normalized spacial score (nSPS) is 16.3. The van der Waals surface area contributed by atoms with Crippen LogP contribution in [0.4, 0.5) is 11.4 Å². The van der Waals surface area contributed by atoms with Gasteiger partial charge >= 0.3 is 0 Å². The number of nitro benzene ring substituents is 1. The molecule has 114 valence electrons. The second kappa shape index (κ2) is 6.41. The number of carbonyl (C=O) groups is 1. The fourth-order valence-electron chi connectivity index (χ4n) is 2.67. The molecule has 0 radical (unpaired) electrons. The van der Waals surface area contributed by atoms with Gasteiger partial charge in [0.05, 0.1) is 4.92 Å². The van der Waals surface area contributed by atoms with Crippen LogP contribution in [0.5, 0.6) is 0 Å². The van der Waals surface area contributed by atoms with Gasteiger partial charge in [-0.2, -0.15) is 0 Å². The topological polar surface area (TPSA) is 66.7 Å². The summed E-state index contributed by atoms with van der Waals surface area (Å²) in [5, 5.41) is 10.3. The molecule has 1 aliphatic rings. The smallest absolute Gasteiger partial charge is 0.283 e. The lowest BCUT2D eigenvalue weighted by atomic mass is 10.0. The molecule has 0 saturated carbocycles. The van der Waals surface area contributed by atoms with Crippen LogP contribution >= 0.6 is 11.6 Å². The average molecular weight is 312 g/mol. The van der Waals surface area contributed by atoms with Crippen molar-refractivity contribution in [1.29, 1.82) is 0 Å². The van der Waals surface area contributed by atoms with Gasteiger partial charge in [0, 0.05) is 30.9 Å². The molecule has 7 heteroatoms. The van der Waals surface area contributed by atoms with E-state index >= 15 is 0 Å². The van der Waals surface area contributed by atoms with Gasteiger partial charge in [-0.05, 0) is 50.7 Å². The first-order valence-electron chi connectivity index (χ1n) is 6.80. The largest absolute Gasteiger partial charge is 0.371 e. The molecule has 1 fully saturated rings. The van der Waals surface area contributed by atoms with E-state index < -0.39 is 10.2 Å².